The van der Waals surface area contributed by atoms with Crippen molar-refractivity contribution < 1.29 is 27.9 Å². The molecule has 9 heteroatoms. The van der Waals surface area contributed by atoms with Crippen molar-refractivity contribution >= 4 is 5.91 Å². The van der Waals surface area contributed by atoms with E-state index in [0.717, 1.165) is 12.8 Å². The number of hydrogen-bond donors (Lipinski definition) is 0. The summed E-state index contributed by atoms with van der Waals surface area (Å²) in [5.74, 6) is 1.57. The molecule has 2 aromatic carbocycles. The van der Waals surface area contributed by atoms with Crippen LogP contribution in [-0.2, 0) is 0 Å². The van der Waals surface area contributed by atoms with Crippen LogP contribution in [0.25, 0.3) is 11.4 Å². The van der Waals surface area contributed by atoms with E-state index in [1.165, 1.54) is 33.5 Å². The molecule has 1 atom stereocenters. The van der Waals surface area contributed by atoms with Crippen molar-refractivity contribution in [2.75, 3.05) is 34.4 Å². The molecule has 1 aromatic heterocycles. The van der Waals surface area contributed by atoms with Gasteiger partial charge in [-0.25, -0.2) is 4.39 Å². The van der Waals surface area contributed by atoms with E-state index in [4.69, 9.17) is 18.7 Å². The van der Waals surface area contributed by atoms with E-state index in [9.17, 15) is 9.18 Å². The molecule has 4 rings (SSSR count). The summed E-state index contributed by atoms with van der Waals surface area (Å²) in [6.07, 6.45) is 1.62. The number of rotatable bonds is 6. The van der Waals surface area contributed by atoms with Gasteiger partial charge in [0.1, 0.15) is 5.82 Å². The molecule has 1 unspecified atom stereocenters. The Morgan fingerprint density at radius 3 is 2.41 bits per heavy atom. The largest absolute Gasteiger partial charge is 0.493 e. The zero-order chi connectivity index (χ0) is 22.7. The average Bonchev–Trinajstić information content (AvgIpc) is 3.33. The van der Waals surface area contributed by atoms with Gasteiger partial charge >= 0.3 is 0 Å². The van der Waals surface area contributed by atoms with Crippen LogP contribution in [0.3, 0.4) is 0 Å². The Morgan fingerprint density at radius 2 is 1.78 bits per heavy atom. The van der Waals surface area contributed by atoms with Crippen molar-refractivity contribution in [3.8, 4) is 28.6 Å². The van der Waals surface area contributed by atoms with Crippen molar-refractivity contribution in [2.45, 2.75) is 18.8 Å². The Labute approximate surface area is 184 Å². The van der Waals surface area contributed by atoms with Gasteiger partial charge < -0.3 is 23.6 Å². The van der Waals surface area contributed by atoms with Crippen LogP contribution in [-0.4, -0.2) is 55.4 Å². The van der Waals surface area contributed by atoms with Gasteiger partial charge in [0.2, 0.25) is 17.5 Å². The van der Waals surface area contributed by atoms with Crippen molar-refractivity contribution in [1.29, 1.82) is 0 Å². The number of likely N-dealkylation sites (tertiary alicyclic amines) is 1. The minimum Gasteiger partial charge on any atom is -0.493 e. The van der Waals surface area contributed by atoms with E-state index in [2.05, 4.69) is 10.1 Å². The van der Waals surface area contributed by atoms with E-state index < -0.39 is 0 Å². The Morgan fingerprint density at radius 1 is 1.09 bits per heavy atom. The summed E-state index contributed by atoms with van der Waals surface area (Å²) in [5, 5.41) is 4.02. The minimum atomic E-state index is -0.328. The summed E-state index contributed by atoms with van der Waals surface area (Å²) in [4.78, 5) is 19.5. The van der Waals surface area contributed by atoms with Gasteiger partial charge in [-0.1, -0.05) is 5.16 Å². The quantitative estimate of drug-likeness (QED) is 0.573. The Kier molecular flexibility index (Phi) is 6.25. The highest BCUT2D eigenvalue weighted by Crippen LogP contribution is 2.39. The first-order chi connectivity index (χ1) is 15.5. The van der Waals surface area contributed by atoms with E-state index >= 15 is 0 Å². The van der Waals surface area contributed by atoms with Gasteiger partial charge in [-0.15, -0.1) is 0 Å². The number of benzene rings is 2. The topological polar surface area (TPSA) is 86.9 Å². The Hall–Kier alpha value is -3.62. The van der Waals surface area contributed by atoms with E-state index in [1.807, 2.05) is 0 Å². The molecular formula is C23H24FN3O5. The number of ether oxygens (including phenoxy) is 3. The molecule has 0 spiro atoms. The fourth-order valence-corrected chi connectivity index (χ4v) is 3.87. The van der Waals surface area contributed by atoms with Gasteiger partial charge in [0.25, 0.3) is 5.91 Å². The molecule has 1 saturated heterocycles. The second-order valence-electron chi connectivity index (χ2n) is 7.47. The fourth-order valence-electron chi connectivity index (χ4n) is 3.87. The summed E-state index contributed by atoms with van der Waals surface area (Å²) >= 11 is 0. The first-order valence-electron chi connectivity index (χ1n) is 10.2. The lowest BCUT2D eigenvalue weighted by molar-refractivity contribution is 0.0694. The van der Waals surface area contributed by atoms with Crippen LogP contribution in [0, 0.1) is 5.82 Å². The second kappa shape index (κ2) is 9.25. The SMILES string of the molecule is COc1cc(C(=O)N2CCCC(c3nc(-c4ccc(F)cc4)no3)C2)cc(OC)c1OC. The van der Waals surface area contributed by atoms with Crippen molar-refractivity contribution in [1.82, 2.24) is 15.0 Å². The molecule has 1 aliphatic rings. The molecule has 8 nitrogen and oxygen atoms in total. The number of amides is 1. The zero-order valence-electron chi connectivity index (χ0n) is 18.1. The molecule has 0 N–H and O–H groups in total. The Bertz CT molecular complexity index is 1070. The lowest BCUT2D eigenvalue weighted by Gasteiger charge is -2.31. The molecule has 0 aliphatic carbocycles. The molecule has 0 radical (unpaired) electrons. The maximum absolute atomic E-state index is 13.2. The standard InChI is InChI=1S/C23H24FN3O5/c1-29-18-11-16(12-19(30-2)20(18)31-3)23(28)27-10-4-5-15(13-27)22-25-21(26-32-22)14-6-8-17(24)9-7-14/h6-9,11-12,15H,4-5,10,13H2,1-3H3. The predicted molar refractivity (Wildman–Crippen MR) is 114 cm³/mol. The number of methoxy groups -OCH3 is 3. The molecule has 168 valence electrons. The van der Waals surface area contributed by atoms with Gasteiger partial charge in [-0.2, -0.15) is 4.98 Å². The number of nitrogens with zero attached hydrogens (tertiary/aromatic N) is 3. The summed E-state index contributed by atoms with van der Waals surface area (Å²) < 4.78 is 34.7. The third-order valence-corrected chi connectivity index (χ3v) is 5.51. The molecule has 2 heterocycles. The van der Waals surface area contributed by atoms with Crippen LogP contribution in [0.1, 0.15) is 35.0 Å². The smallest absolute Gasteiger partial charge is 0.254 e. The highest BCUT2D eigenvalue weighted by molar-refractivity contribution is 5.95. The van der Waals surface area contributed by atoms with Crippen LogP contribution in [0.5, 0.6) is 17.2 Å². The maximum atomic E-state index is 13.2. The lowest BCUT2D eigenvalue weighted by atomic mass is 9.97. The first kappa shape index (κ1) is 21.6. The summed E-state index contributed by atoms with van der Waals surface area (Å²) in [6, 6.07) is 9.20. The van der Waals surface area contributed by atoms with Crippen LogP contribution in [0.4, 0.5) is 4.39 Å². The summed E-state index contributed by atoms with van der Waals surface area (Å²) in [7, 11) is 4.54. The molecule has 3 aromatic rings. The van der Waals surface area contributed by atoms with Gasteiger partial charge in [-0.3, -0.25) is 4.79 Å². The fraction of sp³-hybridized carbons (Fsp3) is 0.348. The number of aromatic nitrogens is 2. The molecular weight excluding hydrogens is 417 g/mol. The van der Waals surface area contributed by atoms with Gasteiger partial charge in [0, 0.05) is 24.2 Å². The van der Waals surface area contributed by atoms with Crippen LogP contribution < -0.4 is 14.2 Å². The third-order valence-electron chi connectivity index (χ3n) is 5.51. The molecule has 0 bridgehead atoms. The first-order valence-corrected chi connectivity index (χ1v) is 10.2. The lowest BCUT2D eigenvalue weighted by Crippen LogP contribution is -2.39. The zero-order valence-corrected chi connectivity index (χ0v) is 18.1. The van der Waals surface area contributed by atoms with Crippen LogP contribution in [0.15, 0.2) is 40.9 Å². The Balaban J connectivity index is 1.53. The second-order valence-corrected chi connectivity index (χ2v) is 7.47. The molecule has 0 saturated carbocycles. The van der Waals surface area contributed by atoms with E-state index in [-0.39, 0.29) is 17.6 Å². The van der Waals surface area contributed by atoms with Gasteiger partial charge in [-0.05, 0) is 49.2 Å². The van der Waals surface area contributed by atoms with E-state index in [1.54, 1.807) is 29.2 Å². The highest BCUT2D eigenvalue weighted by atomic mass is 19.1. The number of hydrogen-bond acceptors (Lipinski definition) is 7. The molecule has 32 heavy (non-hydrogen) atoms. The minimum absolute atomic E-state index is 0.0866. The maximum Gasteiger partial charge on any atom is 0.254 e. The third kappa shape index (κ3) is 4.23. The highest BCUT2D eigenvalue weighted by Gasteiger charge is 2.30. The van der Waals surface area contributed by atoms with Gasteiger partial charge in [0.05, 0.1) is 27.2 Å². The monoisotopic (exact) mass is 441 g/mol. The van der Waals surface area contributed by atoms with Crippen molar-refractivity contribution in [2.24, 2.45) is 0 Å². The molecule has 1 fully saturated rings. The van der Waals surface area contributed by atoms with Crippen LogP contribution in [0.2, 0.25) is 0 Å². The van der Waals surface area contributed by atoms with Crippen molar-refractivity contribution in [3.05, 3.63) is 53.7 Å². The van der Waals surface area contributed by atoms with Gasteiger partial charge in [0.15, 0.2) is 11.5 Å². The summed E-state index contributed by atoms with van der Waals surface area (Å²) in [5.41, 5.74) is 1.11. The van der Waals surface area contributed by atoms with E-state index in [0.29, 0.717) is 53.2 Å². The normalized spacial score (nSPS) is 16.0. The molecule has 1 aliphatic heterocycles. The summed E-state index contributed by atoms with van der Waals surface area (Å²) in [6.45, 7) is 1.06. The molecule has 1 amide bonds. The average molecular weight is 441 g/mol. The number of halogens is 1. The predicted octanol–water partition coefficient (Wildman–Crippen LogP) is 3.92. The van der Waals surface area contributed by atoms with Crippen LogP contribution >= 0.6 is 0 Å². The number of carbonyl (C=O) groups is 1. The van der Waals surface area contributed by atoms with Crippen molar-refractivity contribution in [3.63, 3.8) is 0 Å². The number of carbonyl (C=O) groups excluding carboxylic acids is 1. The number of piperidine rings is 1.